The zero-order valence-corrected chi connectivity index (χ0v) is 10.5. The van der Waals surface area contributed by atoms with Gasteiger partial charge in [0, 0.05) is 13.0 Å². The van der Waals surface area contributed by atoms with Gasteiger partial charge < -0.3 is 19.9 Å². The molecular formula is C13H17NO4. The van der Waals surface area contributed by atoms with Gasteiger partial charge in [0.25, 0.3) is 0 Å². The van der Waals surface area contributed by atoms with Crippen LogP contribution in [0.3, 0.4) is 0 Å². The minimum Gasteiger partial charge on any atom is -0.495 e. The van der Waals surface area contributed by atoms with E-state index in [9.17, 15) is 9.90 Å². The fourth-order valence-corrected chi connectivity index (χ4v) is 2.23. The molecule has 1 aromatic carbocycles. The minimum atomic E-state index is -1.09. The van der Waals surface area contributed by atoms with E-state index in [1.54, 1.807) is 26.2 Å². The predicted molar refractivity (Wildman–Crippen MR) is 67.0 cm³/mol. The van der Waals surface area contributed by atoms with Crippen molar-refractivity contribution in [2.75, 3.05) is 19.0 Å². The number of carboxylic acids is 1. The maximum atomic E-state index is 11.6. The SMILES string of the molecule is COc1ccccc1NC1(C(=O)O)CCOC1C. The minimum absolute atomic E-state index is 0.389. The van der Waals surface area contributed by atoms with Crippen molar-refractivity contribution in [1.29, 1.82) is 0 Å². The van der Waals surface area contributed by atoms with Crippen molar-refractivity contribution in [2.24, 2.45) is 0 Å². The van der Waals surface area contributed by atoms with E-state index in [1.165, 1.54) is 0 Å². The number of carboxylic acid groups (broad SMARTS) is 1. The molecule has 5 heteroatoms. The summed E-state index contributed by atoms with van der Waals surface area (Å²) in [5.74, 6) is -0.282. The lowest BCUT2D eigenvalue weighted by atomic mass is 9.91. The van der Waals surface area contributed by atoms with Crippen LogP contribution in [0.2, 0.25) is 0 Å². The third kappa shape index (κ3) is 2.01. The van der Waals surface area contributed by atoms with Gasteiger partial charge in [-0.3, -0.25) is 0 Å². The van der Waals surface area contributed by atoms with E-state index in [4.69, 9.17) is 9.47 Å². The van der Waals surface area contributed by atoms with Crippen LogP contribution < -0.4 is 10.1 Å². The molecule has 2 N–H and O–H groups in total. The molecule has 0 aliphatic carbocycles. The van der Waals surface area contributed by atoms with Crippen molar-refractivity contribution in [3.63, 3.8) is 0 Å². The number of carbonyl (C=O) groups is 1. The average molecular weight is 251 g/mol. The van der Waals surface area contributed by atoms with Gasteiger partial charge in [-0.2, -0.15) is 0 Å². The van der Waals surface area contributed by atoms with Crippen LogP contribution in [0.4, 0.5) is 5.69 Å². The van der Waals surface area contributed by atoms with E-state index in [0.29, 0.717) is 24.5 Å². The fourth-order valence-electron chi connectivity index (χ4n) is 2.23. The zero-order valence-electron chi connectivity index (χ0n) is 10.5. The number of nitrogens with one attached hydrogen (secondary N) is 1. The van der Waals surface area contributed by atoms with E-state index in [-0.39, 0.29) is 6.10 Å². The molecule has 98 valence electrons. The van der Waals surface area contributed by atoms with E-state index in [2.05, 4.69) is 5.32 Å². The molecular weight excluding hydrogens is 234 g/mol. The Labute approximate surface area is 106 Å². The number of para-hydroxylation sites is 2. The molecule has 1 fully saturated rings. The molecule has 0 bridgehead atoms. The molecule has 0 radical (unpaired) electrons. The van der Waals surface area contributed by atoms with Crippen LogP contribution in [-0.2, 0) is 9.53 Å². The Morgan fingerprint density at radius 1 is 1.56 bits per heavy atom. The van der Waals surface area contributed by atoms with E-state index >= 15 is 0 Å². The topological polar surface area (TPSA) is 67.8 Å². The summed E-state index contributed by atoms with van der Waals surface area (Å²) >= 11 is 0. The molecule has 1 heterocycles. The van der Waals surface area contributed by atoms with Gasteiger partial charge >= 0.3 is 5.97 Å². The number of ether oxygens (including phenoxy) is 2. The second-order valence-corrected chi connectivity index (χ2v) is 4.36. The standard InChI is InChI=1S/C13H17NO4/c1-9-13(12(15)16,7-8-18-9)14-10-5-3-4-6-11(10)17-2/h3-6,9,14H,7-8H2,1-2H3,(H,15,16). The summed E-state index contributed by atoms with van der Waals surface area (Å²) < 4.78 is 10.6. The van der Waals surface area contributed by atoms with Gasteiger partial charge in [-0.25, -0.2) is 4.79 Å². The highest BCUT2D eigenvalue weighted by molar-refractivity contribution is 5.85. The molecule has 2 unspecified atom stereocenters. The third-order valence-corrected chi connectivity index (χ3v) is 3.40. The first-order valence-electron chi connectivity index (χ1n) is 5.86. The molecule has 5 nitrogen and oxygen atoms in total. The smallest absolute Gasteiger partial charge is 0.332 e. The first-order valence-corrected chi connectivity index (χ1v) is 5.86. The zero-order chi connectivity index (χ0) is 13.2. The van der Waals surface area contributed by atoms with Crippen LogP contribution in [0.25, 0.3) is 0 Å². The lowest BCUT2D eigenvalue weighted by Crippen LogP contribution is -2.51. The van der Waals surface area contributed by atoms with Gasteiger partial charge in [-0.15, -0.1) is 0 Å². The molecule has 18 heavy (non-hydrogen) atoms. The van der Waals surface area contributed by atoms with Crippen molar-refractivity contribution in [3.05, 3.63) is 24.3 Å². The molecule has 1 saturated heterocycles. The highest BCUT2D eigenvalue weighted by Gasteiger charge is 2.48. The van der Waals surface area contributed by atoms with E-state index < -0.39 is 11.5 Å². The highest BCUT2D eigenvalue weighted by Crippen LogP contribution is 2.34. The van der Waals surface area contributed by atoms with Gasteiger partial charge in [0.05, 0.1) is 18.9 Å². The van der Waals surface area contributed by atoms with Gasteiger partial charge in [0.15, 0.2) is 5.54 Å². The summed E-state index contributed by atoms with van der Waals surface area (Å²) in [6.07, 6.45) is 0.0431. The Bertz CT molecular complexity index is 448. The molecule has 1 aliphatic rings. The van der Waals surface area contributed by atoms with Crippen LogP contribution in [0.1, 0.15) is 13.3 Å². The Hall–Kier alpha value is -1.75. The molecule has 2 atom stereocenters. The first-order chi connectivity index (χ1) is 8.60. The third-order valence-electron chi connectivity index (χ3n) is 3.40. The number of aliphatic carboxylic acids is 1. The van der Waals surface area contributed by atoms with Gasteiger partial charge in [-0.1, -0.05) is 12.1 Å². The second-order valence-electron chi connectivity index (χ2n) is 4.36. The summed E-state index contributed by atoms with van der Waals surface area (Å²) in [6, 6.07) is 7.26. The van der Waals surface area contributed by atoms with Gasteiger partial charge in [-0.05, 0) is 19.1 Å². The summed E-state index contributed by atoms with van der Waals surface area (Å²) in [6.45, 7) is 2.21. The monoisotopic (exact) mass is 251 g/mol. The lowest BCUT2D eigenvalue weighted by Gasteiger charge is -2.30. The molecule has 0 amide bonds. The number of anilines is 1. The molecule has 0 spiro atoms. The number of hydrogen-bond donors (Lipinski definition) is 2. The van der Waals surface area contributed by atoms with Crippen LogP contribution >= 0.6 is 0 Å². The number of rotatable bonds is 4. The molecule has 2 rings (SSSR count). The van der Waals surface area contributed by atoms with Crippen LogP contribution in [-0.4, -0.2) is 36.4 Å². The Morgan fingerprint density at radius 3 is 2.83 bits per heavy atom. The van der Waals surface area contributed by atoms with Crippen LogP contribution in [0.15, 0.2) is 24.3 Å². The number of methoxy groups -OCH3 is 1. The summed E-state index contributed by atoms with van der Waals surface area (Å²) in [5.41, 5.74) is -0.422. The Kier molecular flexibility index (Phi) is 3.43. The Morgan fingerprint density at radius 2 is 2.28 bits per heavy atom. The largest absolute Gasteiger partial charge is 0.495 e. The van der Waals surface area contributed by atoms with Crippen LogP contribution in [0, 0.1) is 0 Å². The molecule has 1 aliphatic heterocycles. The first kappa shape index (κ1) is 12.7. The molecule has 0 saturated carbocycles. The summed E-state index contributed by atoms with van der Waals surface area (Å²) in [4.78, 5) is 11.6. The summed E-state index contributed by atoms with van der Waals surface area (Å²) in [5, 5.41) is 12.5. The van der Waals surface area contributed by atoms with Gasteiger partial charge in [0.1, 0.15) is 5.75 Å². The van der Waals surface area contributed by atoms with E-state index in [0.717, 1.165) is 0 Å². The lowest BCUT2D eigenvalue weighted by molar-refractivity contribution is -0.143. The fraction of sp³-hybridized carbons (Fsp3) is 0.462. The highest BCUT2D eigenvalue weighted by atomic mass is 16.5. The van der Waals surface area contributed by atoms with Crippen molar-refractivity contribution in [2.45, 2.75) is 25.0 Å². The maximum Gasteiger partial charge on any atom is 0.332 e. The molecule has 0 aromatic heterocycles. The maximum absolute atomic E-state index is 11.6. The Balaban J connectivity index is 2.32. The second kappa shape index (κ2) is 4.86. The predicted octanol–water partition coefficient (Wildman–Crippen LogP) is 1.74. The summed E-state index contributed by atoms with van der Waals surface area (Å²) in [7, 11) is 1.56. The number of hydrogen-bond acceptors (Lipinski definition) is 4. The van der Waals surface area contributed by atoms with Gasteiger partial charge in [0.2, 0.25) is 0 Å². The van der Waals surface area contributed by atoms with Crippen molar-refractivity contribution in [1.82, 2.24) is 0 Å². The quantitative estimate of drug-likeness (QED) is 0.853. The van der Waals surface area contributed by atoms with Crippen LogP contribution in [0.5, 0.6) is 5.75 Å². The van der Waals surface area contributed by atoms with E-state index in [1.807, 2.05) is 12.1 Å². The average Bonchev–Trinajstić information content (AvgIpc) is 2.73. The molecule has 1 aromatic rings. The van der Waals surface area contributed by atoms with Crippen molar-refractivity contribution >= 4 is 11.7 Å². The van der Waals surface area contributed by atoms with Crippen molar-refractivity contribution in [3.8, 4) is 5.75 Å². The van der Waals surface area contributed by atoms with Crippen molar-refractivity contribution < 1.29 is 19.4 Å². The number of benzene rings is 1. The normalized spacial score (nSPS) is 26.9.